The van der Waals surface area contributed by atoms with Crippen LogP contribution in [0.4, 0.5) is 0 Å². The largest absolute Gasteiger partial charge is 0.480 e. The number of rotatable bonds is 1. The number of hydrogen-bond donors (Lipinski definition) is 2. The molecule has 0 amide bonds. The standard InChI is InChI=1S/C13H9NO3/c15-10-6-5-8-7-3-1-2-4-9(7)14-12(8)11(10)13(16)17/h1-6,11,14H,(H,16,17). The molecule has 4 nitrogen and oxygen atoms in total. The normalized spacial score (nSPS) is 18.4. The van der Waals surface area contributed by atoms with Crippen LogP contribution in [0.1, 0.15) is 17.2 Å². The van der Waals surface area contributed by atoms with Crippen molar-refractivity contribution in [2.75, 3.05) is 0 Å². The van der Waals surface area contributed by atoms with E-state index in [1.807, 2.05) is 24.3 Å². The topological polar surface area (TPSA) is 70.2 Å². The van der Waals surface area contributed by atoms with Crippen molar-refractivity contribution in [3.05, 3.63) is 41.6 Å². The van der Waals surface area contributed by atoms with Crippen molar-refractivity contribution in [2.45, 2.75) is 5.92 Å². The number of fused-ring (bicyclic) bond motifs is 3. The quantitative estimate of drug-likeness (QED) is 0.731. The molecule has 0 spiro atoms. The fraction of sp³-hybridized carbons (Fsp3) is 0.0769. The number of carboxylic acids is 1. The number of carbonyl (C=O) groups is 2. The van der Waals surface area contributed by atoms with Crippen molar-refractivity contribution >= 4 is 28.7 Å². The molecule has 2 N–H and O–H groups in total. The molecule has 1 aliphatic carbocycles. The molecule has 0 bridgehead atoms. The molecule has 3 rings (SSSR count). The van der Waals surface area contributed by atoms with E-state index in [-0.39, 0.29) is 0 Å². The van der Waals surface area contributed by atoms with Gasteiger partial charge < -0.3 is 10.1 Å². The number of benzene rings is 1. The van der Waals surface area contributed by atoms with Gasteiger partial charge in [-0.05, 0) is 18.2 Å². The van der Waals surface area contributed by atoms with Gasteiger partial charge in [0.25, 0.3) is 0 Å². The van der Waals surface area contributed by atoms with E-state index < -0.39 is 17.7 Å². The zero-order valence-corrected chi connectivity index (χ0v) is 8.81. The lowest BCUT2D eigenvalue weighted by molar-refractivity contribution is -0.141. The number of aliphatic carboxylic acids is 1. The summed E-state index contributed by atoms with van der Waals surface area (Å²) < 4.78 is 0. The highest BCUT2D eigenvalue weighted by Gasteiger charge is 2.33. The molecule has 0 fully saturated rings. The van der Waals surface area contributed by atoms with Gasteiger partial charge in [-0.2, -0.15) is 0 Å². The van der Waals surface area contributed by atoms with Crippen molar-refractivity contribution in [1.82, 2.24) is 4.98 Å². The van der Waals surface area contributed by atoms with E-state index in [0.717, 1.165) is 16.5 Å². The minimum Gasteiger partial charge on any atom is -0.480 e. The molecule has 1 aromatic heterocycles. The van der Waals surface area contributed by atoms with Gasteiger partial charge in [-0.1, -0.05) is 18.2 Å². The van der Waals surface area contributed by atoms with Gasteiger partial charge >= 0.3 is 5.97 Å². The van der Waals surface area contributed by atoms with Crippen molar-refractivity contribution in [3.63, 3.8) is 0 Å². The Labute approximate surface area is 96.6 Å². The zero-order chi connectivity index (χ0) is 12.0. The van der Waals surface area contributed by atoms with E-state index in [1.165, 1.54) is 6.08 Å². The summed E-state index contributed by atoms with van der Waals surface area (Å²) in [5.74, 6) is -2.62. The minimum absolute atomic E-state index is 0.392. The van der Waals surface area contributed by atoms with Crippen LogP contribution < -0.4 is 0 Å². The number of hydrogen-bond acceptors (Lipinski definition) is 2. The van der Waals surface area contributed by atoms with E-state index in [2.05, 4.69) is 4.98 Å². The lowest BCUT2D eigenvalue weighted by atomic mass is 9.91. The highest BCUT2D eigenvalue weighted by atomic mass is 16.4. The monoisotopic (exact) mass is 227 g/mol. The Morgan fingerprint density at radius 2 is 2.00 bits per heavy atom. The fourth-order valence-corrected chi connectivity index (χ4v) is 2.24. The smallest absolute Gasteiger partial charge is 0.320 e. The van der Waals surface area contributed by atoms with Crippen LogP contribution in [0.5, 0.6) is 0 Å². The second-order valence-corrected chi connectivity index (χ2v) is 4.00. The Kier molecular flexibility index (Phi) is 1.92. The minimum atomic E-state index is -1.12. The molecule has 1 heterocycles. The van der Waals surface area contributed by atoms with Gasteiger partial charge in [-0.15, -0.1) is 0 Å². The highest BCUT2D eigenvalue weighted by molar-refractivity contribution is 6.15. The van der Waals surface area contributed by atoms with Gasteiger partial charge in [0.05, 0.1) is 0 Å². The third kappa shape index (κ3) is 1.30. The van der Waals surface area contributed by atoms with Crippen LogP contribution in [0, 0.1) is 0 Å². The number of nitrogens with one attached hydrogen (secondary N) is 1. The molecular formula is C13H9NO3. The summed E-state index contributed by atoms with van der Waals surface area (Å²) in [7, 11) is 0. The number of para-hydroxylation sites is 1. The van der Waals surface area contributed by atoms with Crippen LogP contribution in [0.25, 0.3) is 17.0 Å². The molecule has 4 heteroatoms. The van der Waals surface area contributed by atoms with E-state index in [9.17, 15) is 9.59 Å². The number of aromatic amines is 1. The number of ketones is 1. The van der Waals surface area contributed by atoms with Crippen LogP contribution in [0.3, 0.4) is 0 Å². The van der Waals surface area contributed by atoms with Crippen LogP contribution in [0.2, 0.25) is 0 Å². The lowest BCUT2D eigenvalue weighted by Gasteiger charge is -2.12. The first kappa shape index (κ1) is 9.84. The number of carbonyl (C=O) groups excluding carboxylic acids is 1. The first-order valence-corrected chi connectivity index (χ1v) is 5.24. The van der Waals surface area contributed by atoms with Crippen molar-refractivity contribution in [1.29, 1.82) is 0 Å². The summed E-state index contributed by atoms with van der Waals surface area (Å²) in [5.41, 5.74) is 2.13. The average Bonchev–Trinajstić information content (AvgIpc) is 2.66. The lowest BCUT2D eigenvalue weighted by Crippen LogP contribution is -2.23. The van der Waals surface area contributed by atoms with Crippen LogP contribution in [0.15, 0.2) is 30.3 Å². The molecule has 0 radical (unpaired) electrons. The molecule has 1 unspecified atom stereocenters. The molecule has 1 atom stereocenters. The molecule has 0 saturated heterocycles. The molecular weight excluding hydrogens is 218 g/mol. The van der Waals surface area contributed by atoms with E-state index in [4.69, 9.17) is 5.11 Å². The Morgan fingerprint density at radius 1 is 1.24 bits per heavy atom. The average molecular weight is 227 g/mol. The summed E-state index contributed by atoms with van der Waals surface area (Å²) in [6, 6.07) is 7.52. The molecule has 2 aromatic rings. The first-order valence-electron chi connectivity index (χ1n) is 5.24. The van der Waals surface area contributed by atoms with Crippen molar-refractivity contribution < 1.29 is 14.7 Å². The van der Waals surface area contributed by atoms with Gasteiger partial charge in [0.2, 0.25) is 0 Å². The Bertz CT molecular complexity index is 666. The van der Waals surface area contributed by atoms with Crippen molar-refractivity contribution in [2.24, 2.45) is 0 Å². The van der Waals surface area contributed by atoms with Gasteiger partial charge in [0.15, 0.2) is 11.7 Å². The zero-order valence-electron chi connectivity index (χ0n) is 8.81. The number of allylic oxidation sites excluding steroid dienone is 1. The summed E-state index contributed by atoms with van der Waals surface area (Å²) in [4.78, 5) is 25.7. The predicted molar refractivity (Wildman–Crippen MR) is 62.7 cm³/mol. The van der Waals surface area contributed by atoms with Crippen LogP contribution >= 0.6 is 0 Å². The maximum atomic E-state index is 11.6. The summed E-state index contributed by atoms with van der Waals surface area (Å²) in [6.07, 6.45) is 3.01. The maximum Gasteiger partial charge on any atom is 0.320 e. The molecule has 0 saturated carbocycles. The fourth-order valence-electron chi connectivity index (χ4n) is 2.24. The Balaban J connectivity index is 2.33. The van der Waals surface area contributed by atoms with Gasteiger partial charge in [0, 0.05) is 22.2 Å². The van der Waals surface area contributed by atoms with E-state index in [0.29, 0.717) is 5.69 Å². The molecule has 1 aliphatic rings. The van der Waals surface area contributed by atoms with Gasteiger partial charge in [-0.25, -0.2) is 0 Å². The third-order valence-corrected chi connectivity index (χ3v) is 3.01. The Hall–Kier alpha value is -2.36. The summed E-state index contributed by atoms with van der Waals surface area (Å²) in [5, 5.41) is 10.0. The third-order valence-electron chi connectivity index (χ3n) is 3.01. The number of carboxylic acid groups (broad SMARTS) is 1. The van der Waals surface area contributed by atoms with Gasteiger partial charge in [0.1, 0.15) is 0 Å². The summed E-state index contributed by atoms with van der Waals surface area (Å²) >= 11 is 0. The van der Waals surface area contributed by atoms with Crippen LogP contribution in [-0.4, -0.2) is 21.8 Å². The molecule has 1 aromatic carbocycles. The summed E-state index contributed by atoms with van der Waals surface area (Å²) in [6.45, 7) is 0. The number of H-pyrrole nitrogens is 1. The Morgan fingerprint density at radius 3 is 2.76 bits per heavy atom. The van der Waals surface area contributed by atoms with Crippen molar-refractivity contribution in [3.8, 4) is 0 Å². The van der Waals surface area contributed by atoms with Crippen LogP contribution in [-0.2, 0) is 9.59 Å². The van der Waals surface area contributed by atoms with E-state index in [1.54, 1.807) is 6.08 Å². The number of aromatic nitrogens is 1. The molecule has 0 aliphatic heterocycles. The highest BCUT2D eigenvalue weighted by Crippen LogP contribution is 2.33. The van der Waals surface area contributed by atoms with E-state index >= 15 is 0 Å². The first-order chi connectivity index (χ1) is 8.18. The predicted octanol–water partition coefficient (Wildman–Crippen LogP) is 1.93. The second-order valence-electron chi connectivity index (χ2n) is 4.00. The second kappa shape index (κ2) is 3.31. The SMILES string of the molecule is O=C(O)C1C(=O)C=Cc2c1[nH]c1ccccc21. The van der Waals surface area contributed by atoms with Gasteiger partial charge in [-0.3, -0.25) is 9.59 Å². The maximum absolute atomic E-state index is 11.6. The molecule has 17 heavy (non-hydrogen) atoms. The molecule has 84 valence electrons.